The quantitative estimate of drug-likeness (QED) is 0.709. The Bertz CT molecular complexity index is 521. The van der Waals surface area contributed by atoms with E-state index in [1.807, 2.05) is 7.05 Å². The van der Waals surface area contributed by atoms with Crippen molar-refractivity contribution >= 4 is 10.2 Å². The Morgan fingerprint density at radius 1 is 1.40 bits per heavy atom. The number of rotatable bonds is 6. The molecule has 1 aromatic rings. The van der Waals surface area contributed by atoms with Crippen molar-refractivity contribution < 1.29 is 8.42 Å². The van der Waals surface area contributed by atoms with Crippen LogP contribution in [0.2, 0.25) is 0 Å². The van der Waals surface area contributed by atoms with Crippen LogP contribution in [0.5, 0.6) is 0 Å². The topological polar surface area (TPSA) is 92.2 Å². The van der Waals surface area contributed by atoms with Crippen LogP contribution < -0.4 is 10.0 Å². The highest BCUT2D eigenvalue weighted by Crippen LogP contribution is 2.18. The van der Waals surface area contributed by atoms with Crippen molar-refractivity contribution in [3.63, 3.8) is 0 Å². The van der Waals surface area contributed by atoms with Gasteiger partial charge in [0.05, 0.1) is 6.54 Å². The molecule has 0 aromatic carbocycles. The molecule has 114 valence electrons. The van der Waals surface area contributed by atoms with Crippen molar-refractivity contribution in [2.45, 2.75) is 19.4 Å². The molecule has 0 amide bonds. The van der Waals surface area contributed by atoms with Gasteiger partial charge in [-0.3, -0.25) is 0 Å². The molecule has 1 aliphatic rings. The highest BCUT2D eigenvalue weighted by atomic mass is 32.2. The lowest BCUT2D eigenvalue weighted by Gasteiger charge is -2.30. The molecule has 0 bridgehead atoms. The van der Waals surface area contributed by atoms with Gasteiger partial charge in [-0.1, -0.05) is 0 Å². The summed E-state index contributed by atoms with van der Waals surface area (Å²) in [6.07, 6.45) is 3.34. The zero-order valence-corrected chi connectivity index (χ0v) is 12.7. The van der Waals surface area contributed by atoms with Crippen LogP contribution in [0.25, 0.3) is 0 Å². The summed E-state index contributed by atoms with van der Waals surface area (Å²) in [5, 5.41) is 10.7. The van der Waals surface area contributed by atoms with E-state index in [-0.39, 0.29) is 6.54 Å². The third-order valence-electron chi connectivity index (χ3n) is 3.62. The molecule has 0 aliphatic carbocycles. The van der Waals surface area contributed by atoms with Crippen LogP contribution in [-0.2, 0) is 23.8 Å². The molecule has 0 spiro atoms. The summed E-state index contributed by atoms with van der Waals surface area (Å²) in [4.78, 5) is 0. The van der Waals surface area contributed by atoms with E-state index in [2.05, 4.69) is 20.2 Å². The molecule has 20 heavy (non-hydrogen) atoms. The van der Waals surface area contributed by atoms with E-state index in [4.69, 9.17) is 0 Å². The van der Waals surface area contributed by atoms with Crippen molar-refractivity contribution in [3.8, 4) is 0 Å². The van der Waals surface area contributed by atoms with Crippen molar-refractivity contribution in [3.05, 3.63) is 12.2 Å². The van der Waals surface area contributed by atoms with E-state index < -0.39 is 10.2 Å². The van der Waals surface area contributed by atoms with Gasteiger partial charge in [-0.2, -0.15) is 17.4 Å². The van der Waals surface area contributed by atoms with Crippen LogP contribution >= 0.6 is 0 Å². The smallest absolute Gasteiger partial charge is 0.279 e. The number of hydrogen-bond acceptors (Lipinski definition) is 5. The van der Waals surface area contributed by atoms with Crippen LogP contribution in [0.4, 0.5) is 0 Å². The van der Waals surface area contributed by atoms with Crippen molar-refractivity contribution in [2.24, 2.45) is 13.0 Å². The summed E-state index contributed by atoms with van der Waals surface area (Å²) in [6, 6.07) is 0. The summed E-state index contributed by atoms with van der Waals surface area (Å²) < 4.78 is 30.2. The highest BCUT2D eigenvalue weighted by molar-refractivity contribution is 7.87. The van der Waals surface area contributed by atoms with Crippen LogP contribution in [0.15, 0.2) is 6.33 Å². The molecule has 1 aromatic heterocycles. The second kappa shape index (κ2) is 6.61. The summed E-state index contributed by atoms with van der Waals surface area (Å²) in [5.74, 6) is 1.16. The minimum absolute atomic E-state index is 0.162. The molecule has 1 aliphatic heterocycles. The van der Waals surface area contributed by atoms with Gasteiger partial charge in [-0.05, 0) is 32.4 Å². The van der Waals surface area contributed by atoms with Gasteiger partial charge in [-0.25, -0.2) is 0 Å². The molecule has 8 nitrogen and oxygen atoms in total. The molecule has 9 heteroatoms. The molecule has 0 saturated carbocycles. The van der Waals surface area contributed by atoms with Crippen LogP contribution in [0.3, 0.4) is 0 Å². The van der Waals surface area contributed by atoms with Gasteiger partial charge in [0.25, 0.3) is 10.2 Å². The van der Waals surface area contributed by atoms with Gasteiger partial charge in [0.2, 0.25) is 0 Å². The second-order valence-electron chi connectivity index (χ2n) is 5.08. The Hall–Kier alpha value is -1.03. The molecule has 1 fully saturated rings. The number of aromatic nitrogens is 3. The average Bonchev–Trinajstić information content (AvgIpc) is 2.83. The van der Waals surface area contributed by atoms with E-state index >= 15 is 0 Å². The zero-order chi connectivity index (χ0) is 14.6. The number of piperidine rings is 1. The molecule has 0 unspecified atom stereocenters. The van der Waals surface area contributed by atoms with Crippen LogP contribution in [-0.4, -0.2) is 54.2 Å². The Morgan fingerprint density at radius 2 is 2.10 bits per heavy atom. The molecule has 2 rings (SSSR count). The number of nitrogens with one attached hydrogen (secondary N) is 2. The predicted molar refractivity (Wildman–Crippen MR) is 75.0 cm³/mol. The molecular formula is C11H22N6O2S. The molecule has 2 N–H and O–H groups in total. The van der Waals surface area contributed by atoms with Crippen LogP contribution in [0, 0.1) is 5.92 Å². The third kappa shape index (κ3) is 3.75. The summed E-state index contributed by atoms with van der Waals surface area (Å²) in [6.45, 7) is 2.25. The normalized spacial score (nSPS) is 18.5. The van der Waals surface area contributed by atoms with E-state index in [0.717, 1.165) is 19.4 Å². The summed E-state index contributed by atoms with van der Waals surface area (Å²) >= 11 is 0. The lowest BCUT2D eigenvalue weighted by Crippen LogP contribution is -2.45. The SMILES string of the molecule is CNCC1CCN(S(=O)(=O)NCc2nncn2C)CC1. The summed E-state index contributed by atoms with van der Waals surface area (Å²) in [5.41, 5.74) is 0. The van der Waals surface area contributed by atoms with E-state index in [0.29, 0.717) is 24.8 Å². The Labute approximate surface area is 119 Å². The highest BCUT2D eigenvalue weighted by Gasteiger charge is 2.27. The minimum Gasteiger partial charge on any atom is -0.320 e. The molecule has 2 heterocycles. The first kappa shape index (κ1) is 15.4. The molecule has 1 saturated heterocycles. The molecule has 0 atom stereocenters. The predicted octanol–water partition coefficient (Wildman–Crippen LogP) is -0.919. The third-order valence-corrected chi connectivity index (χ3v) is 5.18. The van der Waals surface area contributed by atoms with E-state index in [9.17, 15) is 8.42 Å². The van der Waals surface area contributed by atoms with E-state index in [1.165, 1.54) is 4.31 Å². The maximum Gasteiger partial charge on any atom is 0.279 e. The van der Waals surface area contributed by atoms with Crippen molar-refractivity contribution in [1.82, 2.24) is 29.1 Å². The van der Waals surface area contributed by atoms with Gasteiger partial charge in [-0.15, -0.1) is 10.2 Å². The van der Waals surface area contributed by atoms with Crippen LogP contribution in [0.1, 0.15) is 18.7 Å². The van der Waals surface area contributed by atoms with Gasteiger partial charge >= 0.3 is 0 Å². The molecular weight excluding hydrogens is 280 g/mol. The fourth-order valence-electron chi connectivity index (χ4n) is 2.36. The maximum absolute atomic E-state index is 12.2. The molecule has 0 radical (unpaired) electrons. The van der Waals surface area contributed by atoms with Crippen molar-refractivity contribution in [1.29, 1.82) is 0 Å². The Balaban J connectivity index is 1.87. The Morgan fingerprint density at radius 3 is 2.65 bits per heavy atom. The fourth-order valence-corrected chi connectivity index (χ4v) is 3.54. The largest absolute Gasteiger partial charge is 0.320 e. The minimum atomic E-state index is -3.43. The first-order valence-electron chi connectivity index (χ1n) is 6.75. The number of aryl methyl sites for hydroxylation is 1. The van der Waals surface area contributed by atoms with E-state index in [1.54, 1.807) is 17.9 Å². The van der Waals surface area contributed by atoms with Gasteiger partial charge in [0, 0.05) is 20.1 Å². The lowest BCUT2D eigenvalue weighted by molar-refractivity contribution is 0.268. The number of nitrogens with zero attached hydrogens (tertiary/aromatic N) is 4. The second-order valence-corrected chi connectivity index (χ2v) is 6.84. The first-order valence-corrected chi connectivity index (χ1v) is 8.19. The van der Waals surface area contributed by atoms with Gasteiger partial charge in [0.1, 0.15) is 12.2 Å². The number of hydrogen-bond donors (Lipinski definition) is 2. The standard InChI is InChI=1S/C11H22N6O2S/c1-12-7-10-3-5-17(6-4-10)20(18,19)14-8-11-15-13-9-16(11)2/h9-10,12,14H,3-8H2,1-2H3. The first-order chi connectivity index (χ1) is 9.53. The monoisotopic (exact) mass is 302 g/mol. The Kier molecular flexibility index (Phi) is 5.08. The maximum atomic E-state index is 12.2. The average molecular weight is 302 g/mol. The summed E-state index contributed by atoms with van der Waals surface area (Å²) in [7, 11) is 0.274. The van der Waals surface area contributed by atoms with Crippen molar-refractivity contribution in [2.75, 3.05) is 26.7 Å². The zero-order valence-electron chi connectivity index (χ0n) is 11.9. The van der Waals surface area contributed by atoms with Gasteiger partial charge in [0.15, 0.2) is 0 Å². The fraction of sp³-hybridized carbons (Fsp3) is 0.818. The lowest BCUT2D eigenvalue weighted by atomic mass is 9.98. The van der Waals surface area contributed by atoms with Gasteiger partial charge < -0.3 is 9.88 Å².